The summed E-state index contributed by atoms with van der Waals surface area (Å²) in [5.41, 5.74) is 6.91. The highest BCUT2D eigenvalue weighted by atomic mass is 16.2. The lowest BCUT2D eigenvalue weighted by Crippen LogP contribution is -2.37. The quantitative estimate of drug-likeness (QED) is 0.284. The van der Waals surface area contributed by atoms with Crippen LogP contribution in [0.5, 0.6) is 0 Å². The number of nitrogens with one attached hydrogen (secondary N) is 3. The fourth-order valence-electron chi connectivity index (χ4n) is 4.41. The van der Waals surface area contributed by atoms with Gasteiger partial charge in [-0.3, -0.25) is 0 Å². The van der Waals surface area contributed by atoms with Gasteiger partial charge in [-0.1, -0.05) is 100 Å². The number of hydrogen-bond donors (Lipinski definition) is 3. The van der Waals surface area contributed by atoms with E-state index in [0.29, 0.717) is 18.4 Å². The second kappa shape index (κ2) is 13.2. The van der Waals surface area contributed by atoms with E-state index in [9.17, 15) is 4.79 Å². The van der Waals surface area contributed by atoms with Crippen molar-refractivity contribution in [1.29, 1.82) is 0 Å². The fraction of sp³-hybridized carbons (Fsp3) is 0.387. The largest absolute Gasteiger partial charge is 0.336 e. The lowest BCUT2D eigenvalue weighted by molar-refractivity contribution is 0.250. The molecule has 0 saturated carbocycles. The second-order valence-electron chi connectivity index (χ2n) is 10.4. The third-order valence-corrected chi connectivity index (χ3v) is 6.35. The van der Waals surface area contributed by atoms with Crippen LogP contribution in [0, 0.1) is 0 Å². The van der Waals surface area contributed by atoms with Crippen molar-refractivity contribution >= 4 is 11.7 Å². The molecule has 3 N–H and O–H groups in total. The summed E-state index contributed by atoms with van der Waals surface area (Å²) in [4.78, 5) is 15.2. The fourth-order valence-corrected chi connectivity index (χ4v) is 4.41. The van der Waals surface area contributed by atoms with Crippen LogP contribution in [0.1, 0.15) is 73.4 Å². The molecule has 0 radical (unpaired) electrons. The molecule has 0 aromatic heterocycles. The molecule has 0 aliphatic heterocycles. The van der Waals surface area contributed by atoms with Crippen LogP contribution < -0.4 is 16.0 Å². The summed E-state index contributed by atoms with van der Waals surface area (Å²) in [7, 11) is 4.16. The number of benzene rings is 3. The number of anilines is 1. The van der Waals surface area contributed by atoms with E-state index in [1.54, 1.807) is 0 Å². The van der Waals surface area contributed by atoms with Crippen molar-refractivity contribution < 1.29 is 4.79 Å². The molecule has 36 heavy (non-hydrogen) atoms. The number of urea groups is 1. The number of para-hydroxylation sites is 1. The third kappa shape index (κ3) is 7.94. The van der Waals surface area contributed by atoms with E-state index in [4.69, 9.17) is 0 Å². The van der Waals surface area contributed by atoms with E-state index in [-0.39, 0.29) is 12.1 Å². The average molecular weight is 487 g/mol. The number of nitrogens with zero attached hydrogens (tertiary/aromatic N) is 1. The van der Waals surface area contributed by atoms with E-state index < -0.39 is 0 Å². The van der Waals surface area contributed by atoms with Crippen LogP contribution >= 0.6 is 0 Å². The first-order valence-electron chi connectivity index (χ1n) is 12.9. The summed E-state index contributed by atoms with van der Waals surface area (Å²) >= 11 is 0. The molecule has 0 fully saturated rings. The maximum Gasteiger partial charge on any atom is 0.319 e. The van der Waals surface area contributed by atoms with Gasteiger partial charge in [0.15, 0.2) is 0 Å². The molecule has 192 valence electrons. The Hall–Kier alpha value is -3.15. The molecule has 0 bridgehead atoms. The molecular formula is C31H42N4O. The van der Waals surface area contributed by atoms with Crippen molar-refractivity contribution in [2.24, 2.45) is 0 Å². The molecule has 0 aliphatic carbocycles. The lowest BCUT2D eigenvalue weighted by atomic mass is 9.93. The third-order valence-electron chi connectivity index (χ3n) is 6.35. The first-order valence-corrected chi connectivity index (χ1v) is 12.9. The SMILES string of the molecule is CC(C)c1cccc(C(C)C)c1NC(=O)NC[C@H](NCc1ccc(CN(C)C)cc1)c1ccccc1. The van der Waals surface area contributed by atoms with Crippen molar-refractivity contribution in [2.45, 2.75) is 58.7 Å². The van der Waals surface area contributed by atoms with Gasteiger partial charge in [0, 0.05) is 31.4 Å². The Kier molecular flexibility index (Phi) is 10.1. The second-order valence-corrected chi connectivity index (χ2v) is 10.4. The Morgan fingerprint density at radius 1 is 0.778 bits per heavy atom. The summed E-state index contributed by atoms with van der Waals surface area (Å²) in [5, 5.41) is 9.91. The highest BCUT2D eigenvalue weighted by Gasteiger charge is 2.17. The maximum absolute atomic E-state index is 13.0. The van der Waals surface area contributed by atoms with Crippen LogP contribution in [0.15, 0.2) is 72.8 Å². The Balaban J connectivity index is 1.68. The van der Waals surface area contributed by atoms with Gasteiger partial charge >= 0.3 is 6.03 Å². The molecule has 1 atom stereocenters. The summed E-state index contributed by atoms with van der Waals surface area (Å²) < 4.78 is 0. The molecule has 3 rings (SSSR count). The maximum atomic E-state index is 13.0. The number of rotatable bonds is 11. The topological polar surface area (TPSA) is 56.4 Å². The molecule has 0 unspecified atom stereocenters. The average Bonchev–Trinajstić information content (AvgIpc) is 2.85. The summed E-state index contributed by atoms with van der Waals surface area (Å²) in [6.45, 7) is 10.8. The zero-order valence-electron chi connectivity index (χ0n) is 22.6. The van der Waals surface area contributed by atoms with E-state index in [1.807, 2.05) is 18.2 Å². The van der Waals surface area contributed by atoms with Crippen LogP contribution in [0.3, 0.4) is 0 Å². The molecule has 0 saturated heterocycles. The Bertz CT molecular complexity index is 1070. The van der Waals surface area contributed by atoms with Gasteiger partial charge in [0.1, 0.15) is 0 Å². The number of hydrogen-bond acceptors (Lipinski definition) is 3. The van der Waals surface area contributed by atoms with Crippen LogP contribution in [0.4, 0.5) is 10.5 Å². The predicted octanol–water partition coefficient (Wildman–Crippen LogP) is 6.65. The molecule has 0 aliphatic rings. The van der Waals surface area contributed by atoms with E-state index >= 15 is 0 Å². The van der Waals surface area contributed by atoms with E-state index in [2.05, 4.69) is 117 Å². The molecule has 5 heteroatoms. The normalized spacial score (nSPS) is 12.2. The minimum atomic E-state index is -0.180. The van der Waals surface area contributed by atoms with Crippen molar-refractivity contribution in [3.63, 3.8) is 0 Å². The number of carbonyl (C=O) groups is 1. The van der Waals surface area contributed by atoms with Crippen LogP contribution in [-0.2, 0) is 13.1 Å². The molecule has 3 aromatic rings. The van der Waals surface area contributed by atoms with Crippen molar-refractivity contribution in [3.8, 4) is 0 Å². The van der Waals surface area contributed by atoms with Crippen LogP contribution in [-0.4, -0.2) is 31.6 Å². The van der Waals surface area contributed by atoms with Gasteiger partial charge in [-0.05, 0) is 53.7 Å². The minimum absolute atomic E-state index is 0.0108. The molecule has 3 aromatic carbocycles. The molecular weight excluding hydrogens is 444 g/mol. The lowest BCUT2D eigenvalue weighted by Gasteiger charge is -2.23. The number of carbonyl (C=O) groups excluding carboxylic acids is 1. The zero-order chi connectivity index (χ0) is 26.1. The van der Waals surface area contributed by atoms with Gasteiger partial charge in [-0.15, -0.1) is 0 Å². The van der Waals surface area contributed by atoms with E-state index in [0.717, 1.165) is 35.5 Å². The van der Waals surface area contributed by atoms with Crippen LogP contribution in [0.2, 0.25) is 0 Å². The van der Waals surface area contributed by atoms with Crippen LogP contribution in [0.25, 0.3) is 0 Å². The predicted molar refractivity (Wildman–Crippen MR) is 151 cm³/mol. The highest BCUT2D eigenvalue weighted by Crippen LogP contribution is 2.32. The van der Waals surface area contributed by atoms with Crippen molar-refractivity contribution in [2.75, 3.05) is 26.0 Å². The van der Waals surface area contributed by atoms with Gasteiger partial charge in [0.2, 0.25) is 0 Å². The zero-order valence-corrected chi connectivity index (χ0v) is 22.6. The molecule has 0 heterocycles. The highest BCUT2D eigenvalue weighted by molar-refractivity contribution is 5.91. The monoisotopic (exact) mass is 486 g/mol. The first kappa shape index (κ1) is 27.4. The molecule has 0 spiro atoms. The van der Waals surface area contributed by atoms with Gasteiger partial charge in [0.25, 0.3) is 0 Å². The first-order chi connectivity index (χ1) is 17.2. The van der Waals surface area contributed by atoms with E-state index in [1.165, 1.54) is 11.1 Å². The molecule has 2 amide bonds. The summed E-state index contributed by atoms with van der Waals surface area (Å²) in [6.07, 6.45) is 0. The van der Waals surface area contributed by atoms with Crippen molar-refractivity contribution in [1.82, 2.24) is 15.5 Å². The Labute approximate surface area is 217 Å². The molecule has 5 nitrogen and oxygen atoms in total. The summed E-state index contributed by atoms with van der Waals surface area (Å²) in [6, 6.07) is 25.1. The summed E-state index contributed by atoms with van der Waals surface area (Å²) in [5.74, 6) is 0.642. The van der Waals surface area contributed by atoms with Gasteiger partial charge < -0.3 is 20.9 Å². The van der Waals surface area contributed by atoms with Crippen molar-refractivity contribution in [3.05, 3.63) is 101 Å². The minimum Gasteiger partial charge on any atom is -0.336 e. The Morgan fingerprint density at radius 3 is 1.92 bits per heavy atom. The standard InChI is InChI=1S/C31H42N4O/c1-22(2)27-13-10-14-28(23(3)4)30(27)34-31(36)33-20-29(26-11-8-7-9-12-26)32-19-24-15-17-25(18-16-24)21-35(5)6/h7-18,22-23,29,32H,19-21H2,1-6H3,(H2,33,34,36)/t29-/m0/s1. The van der Waals surface area contributed by atoms with Gasteiger partial charge in [-0.25, -0.2) is 4.79 Å². The van der Waals surface area contributed by atoms with Gasteiger partial charge in [-0.2, -0.15) is 0 Å². The smallest absolute Gasteiger partial charge is 0.319 e. The van der Waals surface area contributed by atoms with Gasteiger partial charge in [0.05, 0.1) is 0 Å². The number of amides is 2. The Morgan fingerprint density at radius 2 is 1.36 bits per heavy atom.